The van der Waals surface area contributed by atoms with Gasteiger partial charge >= 0.3 is 11.8 Å². The summed E-state index contributed by atoms with van der Waals surface area (Å²) in [6.07, 6.45) is 1.58. The molecule has 2 aromatic rings. The van der Waals surface area contributed by atoms with Crippen molar-refractivity contribution in [3.05, 3.63) is 58.6 Å². The third-order valence-electron chi connectivity index (χ3n) is 3.82. The Hall–Kier alpha value is -3.13. The molecule has 128 valence electrons. The molecule has 0 aliphatic carbocycles. The van der Waals surface area contributed by atoms with Gasteiger partial charge in [-0.25, -0.2) is 9.98 Å². The van der Waals surface area contributed by atoms with Gasteiger partial charge < -0.3 is 9.73 Å². The van der Waals surface area contributed by atoms with Crippen LogP contribution in [0.5, 0.6) is 0 Å². The predicted molar refractivity (Wildman–Crippen MR) is 86.2 cm³/mol. The van der Waals surface area contributed by atoms with Crippen LogP contribution in [0.2, 0.25) is 0 Å². The van der Waals surface area contributed by atoms with Crippen LogP contribution >= 0.6 is 0 Å². The second-order valence-corrected chi connectivity index (χ2v) is 5.74. The van der Waals surface area contributed by atoms with E-state index in [9.17, 15) is 14.4 Å². The van der Waals surface area contributed by atoms with E-state index in [1.165, 1.54) is 18.2 Å². The van der Waals surface area contributed by atoms with E-state index in [1.807, 2.05) is 25.1 Å². The van der Waals surface area contributed by atoms with Gasteiger partial charge in [0.15, 0.2) is 0 Å². The van der Waals surface area contributed by atoms with Crippen LogP contribution in [0.15, 0.2) is 51.0 Å². The summed E-state index contributed by atoms with van der Waals surface area (Å²) >= 11 is 0. The molecule has 1 aromatic heterocycles. The van der Waals surface area contributed by atoms with Crippen molar-refractivity contribution in [2.24, 2.45) is 9.98 Å². The topological polar surface area (TPSA) is 104 Å². The fourth-order valence-corrected chi connectivity index (χ4v) is 2.47. The fraction of sp³-hybridized carbons (Fsp3) is 0.235. The number of nitrogens with one attached hydrogen (secondary N) is 1. The maximum atomic E-state index is 12.4. The van der Waals surface area contributed by atoms with Gasteiger partial charge in [-0.3, -0.25) is 19.3 Å². The molecule has 2 heterocycles. The standard InChI is InChI=1S/C17H16N4O4/c1-21(2)13(14-4-3-7-25-14)9-18-15(22)10-5-6-11-12(8-10)20-17(24)16(23)19-11/h3-8,13H,9H2,1-2H3,(H,18,22)/t13-/m0/s1. The normalized spacial score (nSPS) is 14.5. The number of rotatable bonds is 5. The molecule has 1 N–H and O–H groups in total. The molecule has 1 aliphatic rings. The first-order chi connectivity index (χ1) is 12.0. The van der Waals surface area contributed by atoms with E-state index < -0.39 is 11.8 Å². The predicted octanol–water partition coefficient (Wildman–Crippen LogP) is -0.382. The number of fused-ring (bicyclic) bond motifs is 1. The van der Waals surface area contributed by atoms with Crippen molar-refractivity contribution in [2.45, 2.75) is 6.04 Å². The summed E-state index contributed by atoms with van der Waals surface area (Å²) in [5, 5.41) is 3.33. The van der Waals surface area contributed by atoms with Gasteiger partial charge in [-0.15, -0.1) is 0 Å². The number of nitrogens with zero attached hydrogens (tertiary/aromatic N) is 3. The van der Waals surface area contributed by atoms with Crippen molar-refractivity contribution >= 4 is 17.7 Å². The lowest BCUT2D eigenvalue weighted by Gasteiger charge is -2.22. The summed E-state index contributed by atoms with van der Waals surface area (Å²) in [5.41, 5.74) is 0.330. The maximum absolute atomic E-state index is 12.4. The van der Waals surface area contributed by atoms with E-state index in [0.717, 1.165) is 5.76 Å². The van der Waals surface area contributed by atoms with Gasteiger partial charge in [0.05, 0.1) is 23.0 Å². The monoisotopic (exact) mass is 340 g/mol. The molecular weight excluding hydrogens is 324 g/mol. The molecule has 8 heteroatoms. The lowest BCUT2D eigenvalue weighted by molar-refractivity contribution is -0.135. The van der Waals surface area contributed by atoms with E-state index >= 15 is 0 Å². The van der Waals surface area contributed by atoms with Crippen molar-refractivity contribution in [1.82, 2.24) is 10.2 Å². The Kier molecular flexibility index (Phi) is 4.53. The molecule has 3 rings (SSSR count). The first-order valence-electron chi connectivity index (χ1n) is 7.59. The minimum atomic E-state index is -0.935. The molecule has 3 amide bonds. The van der Waals surface area contributed by atoms with Crippen LogP contribution in [-0.4, -0.2) is 43.3 Å². The minimum absolute atomic E-state index is 0.115. The van der Waals surface area contributed by atoms with Crippen LogP contribution in [-0.2, 0) is 9.59 Å². The molecule has 1 atom stereocenters. The minimum Gasteiger partial charge on any atom is -0.468 e. The molecule has 1 aromatic carbocycles. The highest BCUT2D eigenvalue weighted by molar-refractivity contribution is 6.36. The molecule has 0 saturated carbocycles. The smallest absolute Gasteiger partial charge is 0.338 e. The molecule has 8 nitrogen and oxygen atoms in total. The molecule has 25 heavy (non-hydrogen) atoms. The van der Waals surface area contributed by atoms with Crippen molar-refractivity contribution < 1.29 is 18.8 Å². The van der Waals surface area contributed by atoms with Crippen LogP contribution in [0, 0.1) is 0 Å². The average molecular weight is 340 g/mol. The van der Waals surface area contributed by atoms with Crippen molar-refractivity contribution in [2.75, 3.05) is 20.6 Å². The zero-order valence-corrected chi connectivity index (χ0v) is 13.7. The van der Waals surface area contributed by atoms with E-state index in [4.69, 9.17) is 4.42 Å². The van der Waals surface area contributed by atoms with Crippen LogP contribution in [0.25, 0.3) is 0 Å². The third kappa shape index (κ3) is 3.53. The molecular formula is C17H16N4O4. The Morgan fingerprint density at radius 3 is 2.52 bits per heavy atom. The highest BCUT2D eigenvalue weighted by atomic mass is 16.3. The first-order valence-corrected chi connectivity index (χ1v) is 7.59. The quantitative estimate of drug-likeness (QED) is 0.747. The van der Waals surface area contributed by atoms with Gasteiger partial charge in [-0.2, -0.15) is 0 Å². The van der Waals surface area contributed by atoms with Crippen molar-refractivity contribution in [3.8, 4) is 0 Å². The van der Waals surface area contributed by atoms with Crippen molar-refractivity contribution in [3.63, 3.8) is 0 Å². The summed E-state index contributed by atoms with van der Waals surface area (Å²) < 4.78 is 5.40. The number of carbonyl (C=O) groups is 3. The molecule has 0 bridgehead atoms. The molecule has 0 radical (unpaired) electrons. The van der Waals surface area contributed by atoms with E-state index in [-0.39, 0.29) is 22.7 Å². The fourth-order valence-electron chi connectivity index (χ4n) is 2.47. The number of likely N-dealkylation sites (N-methyl/N-ethyl adjacent to an activating group) is 1. The lowest BCUT2D eigenvalue weighted by atomic mass is 10.1. The van der Waals surface area contributed by atoms with Gasteiger partial charge in [-0.05, 0) is 44.4 Å². The number of carbonyl (C=O) groups excluding carboxylic acids is 3. The van der Waals surface area contributed by atoms with Crippen molar-refractivity contribution in [1.29, 1.82) is 0 Å². The summed E-state index contributed by atoms with van der Waals surface area (Å²) in [4.78, 5) is 44.2. The summed E-state index contributed by atoms with van der Waals surface area (Å²) in [6, 6.07) is 7.99. The van der Waals surface area contributed by atoms with Crippen LogP contribution in [0.4, 0.5) is 0 Å². The summed E-state index contributed by atoms with van der Waals surface area (Å²) in [5.74, 6) is -1.41. The van der Waals surface area contributed by atoms with E-state index in [0.29, 0.717) is 12.1 Å². The number of benzene rings is 1. The second-order valence-electron chi connectivity index (χ2n) is 5.74. The maximum Gasteiger partial charge on any atom is 0.338 e. The Bertz CT molecular complexity index is 948. The molecule has 1 aliphatic heterocycles. The van der Waals surface area contributed by atoms with Gasteiger partial charge in [0, 0.05) is 12.1 Å². The lowest BCUT2D eigenvalue weighted by Crippen LogP contribution is -2.37. The van der Waals surface area contributed by atoms with Crippen LogP contribution < -0.4 is 16.0 Å². The zero-order valence-electron chi connectivity index (χ0n) is 13.7. The molecule has 0 saturated heterocycles. The van der Waals surface area contributed by atoms with E-state index in [2.05, 4.69) is 15.3 Å². The Balaban J connectivity index is 1.77. The van der Waals surface area contributed by atoms with Gasteiger partial charge in [0.25, 0.3) is 5.91 Å². The van der Waals surface area contributed by atoms with Crippen LogP contribution in [0.3, 0.4) is 0 Å². The summed E-state index contributed by atoms with van der Waals surface area (Å²) in [6.45, 7) is 0.343. The highest BCUT2D eigenvalue weighted by Crippen LogP contribution is 2.17. The zero-order chi connectivity index (χ0) is 18.0. The third-order valence-corrected chi connectivity index (χ3v) is 3.82. The first kappa shape index (κ1) is 16.7. The number of hydrogen-bond donors (Lipinski definition) is 1. The van der Waals surface area contributed by atoms with E-state index in [1.54, 1.807) is 12.3 Å². The number of amides is 3. The van der Waals surface area contributed by atoms with Gasteiger partial charge in [0.2, 0.25) is 0 Å². The SMILES string of the molecule is CN(C)[C@@H](CNC(=O)c1ccc2c(c1)=NC(=O)C(=O)N=2)c1ccco1. The average Bonchev–Trinajstić information content (AvgIpc) is 3.09. The highest BCUT2D eigenvalue weighted by Gasteiger charge is 2.19. The molecule has 0 fully saturated rings. The number of hydrogen-bond acceptors (Lipinski definition) is 5. The Morgan fingerprint density at radius 2 is 1.88 bits per heavy atom. The summed E-state index contributed by atoms with van der Waals surface area (Å²) in [7, 11) is 3.78. The van der Waals surface area contributed by atoms with Gasteiger partial charge in [0.1, 0.15) is 5.76 Å². The molecule has 0 spiro atoms. The second kappa shape index (κ2) is 6.78. The van der Waals surface area contributed by atoms with Crippen LogP contribution in [0.1, 0.15) is 22.2 Å². The van der Waals surface area contributed by atoms with Gasteiger partial charge in [-0.1, -0.05) is 0 Å². The Morgan fingerprint density at radius 1 is 1.16 bits per heavy atom. The molecule has 0 unspecified atom stereocenters. The largest absolute Gasteiger partial charge is 0.468 e. The Labute approximate surface area is 142 Å². The number of furan rings is 1.